The van der Waals surface area contributed by atoms with E-state index in [2.05, 4.69) is 41.2 Å². The van der Waals surface area contributed by atoms with Gasteiger partial charge in [-0.15, -0.1) is 0 Å². The van der Waals surface area contributed by atoms with Gasteiger partial charge in [-0.05, 0) is 61.9 Å². The summed E-state index contributed by atoms with van der Waals surface area (Å²) in [7, 11) is 0. The third kappa shape index (κ3) is 5.63. The highest BCUT2D eigenvalue weighted by Gasteiger charge is 2.31. The zero-order chi connectivity index (χ0) is 26.5. The third-order valence-electron chi connectivity index (χ3n) is 6.97. The number of nitrogens with zero attached hydrogens (tertiary/aromatic N) is 3. The minimum atomic E-state index is -0.397. The van der Waals surface area contributed by atoms with Crippen molar-refractivity contribution >= 4 is 17.4 Å². The third-order valence-corrected chi connectivity index (χ3v) is 6.97. The van der Waals surface area contributed by atoms with E-state index in [1.165, 1.54) is 17.7 Å². The number of carbonyl (C=O) groups excluding carboxylic acids is 1. The number of fused-ring (bicyclic) bond motifs is 1. The summed E-state index contributed by atoms with van der Waals surface area (Å²) in [6, 6.07) is 24.1. The van der Waals surface area contributed by atoms with Crippen LogP contribution >= 0.6 is 0 Å². The zero-order valence-electron chi connectivity index (χ0n) is 22.0. The maximum atomic E-state index is 13.8. The summed E-state index contributed by atoms with van der Waals surface area (Å²) in [5, 5.41) is 7.02. The Morgan fingerprint density at radius 1 is 1.00 bits per heavy atom. The van der Waals surface area contributed by atoms with Crippen LogP contribution in [0.3, 0.4) is 0 Å². The lowest BCUT2D eigenvalue weighted by Crippen LogP contribution is -2.44. The summed E-state index contributed by atoms with van der Waals surface area (Å²) in [6.45, 7) is 6.57. The smallest absolute Gasteiger partial charge is 0.244 e. The van der Waals surface area contributed by atoms with Crippen molar-refractivity contribution in [2.24, 2.45) is 0 Å². The van der Waals surface area contributed by atoms with Gasteiger partial charge in [-0.3, -0.25) is 4.79 Å². The molecule has 7 heteroatoms. The molecule has 0 radical (unpaired) electrons. The van der Waals surface area contributed by atoms with Crippen LogP contribution in [-0.2, 0) is 17.9 Å². The highest BCUT2D eigenvalue weighted by atomic mass is 19.1. The monoisotopic (exact) mass is 511 g/mol. The molecule has 4 aromatic rings. The summed E-state index contributed by atoms with van der Waals surface area (Å²) in [4.78, 5) is 20.7. The standard InChI is InChI=1S/C31H34FN5O/c1-3-4-18-33-29(23-8-6-5-7-9-23)31(38)36-19-20-37-27(21-36)35-28(24-12-14-25(32)15-13-24)30(37)34-26-16-10-22(2)11-17-26/h5-17,29,33-34H,3-4,18-21H2,1-2H3/t29-/m0/s1. The van der Waals surface area contributed by atoms with Crippen LogP contribution in [0.15, 0.2) is 78.9 Å². The maximum absolute atomic E-state index is 13.8. The van der Waals surface area contributed by atoms with Crippen molar-refractivity contribution < 1.29 is 9.18 Å². The first kappa shape index (κ1) is 25.7. The number of halogens is 1. The van der Waals surface area contributed by atoms with E-state index in [4.69, 9.17) is 4.98 Å². The number of amides is 1. The summed E-state index contributed by atoms with van der Waals surface area (Å²) in [5.74, 6) is 1.42. The SMILES string of the molecule is CCCCN[C@H](C(=O)N1CCn2c(nc(-c3ccc(F)cc3)c2Nc2ccc(C)cc2)C1)c1ccccc1. The molecule has 0 bridgehead atoms. The number of aryl methyl sites for hydroxylation is 1. The van der Waals surface area contributed by atoms with Crippen LogP contribution in [0, 0.1) is 12.7 Å². The average molecular weight is 512 g/mol. The number of imidazole rings is 1. The van der Waals surface area contributed by atoms with E-state index >= 15 is 0 Å². The molecule has 0 saturated heterocycles. The number of nitrogens with one attached hydrogen (secondary N) is 2. The average Bonchev–Trinajstić information content (AvgIpc) is 3.30. The summed E-state index contributed by atoms with van der Waals surface area (Å²) >= 11 is 0. The van der Waals surface area contributed by atoms with Crippen molar-refractivity contribution in [1.29, 1.82) is 0 Å². The van der Waals surface area contributed by atoms with Crippen molar-refractivity contribution in [3.63, 3.8) is 0 Å². The fourth-order valence-electron chi connectivity index (χ4n) is 4.83. The highest BCUT2D eigenvalue weighted by Crippen LogP contribution is 2.34. The molecule has 0 aliphatic carbocycles. The first-order valence-electron chi connectivity index (χ1n) is 13.3. The molecule has 0 spiro atoms. The van der Waals surface area contributed by atoms with Crippen LogP contribution in [0.25, 0.3) is 11.3 Å². The number of carbonyl (C=O) groups is 1. The number of aromatic nitrogens is 2. The molecule has 0 unspecified atom stereocenters. The van der Waals surface area contributed by atoms with Gasteiger partial charge in [0.15, 0.2) is 0 Å². The lowest BCUT2D eigenvalue weighted by atomic mass is 10.0. The first-order valence-corrected chi connectivity index (χ1v) is 13.3. The van der Waals surface area contributed by atoms with E-state index in [0.29, 0.717) is 19.6 Å². The van der Waals surface area contributed by atoms with Gasteiger partial charge in [-0.2, -0.15) is 0 Å². The topological polar surface area (TPSA) is 62.2 Å². The Balaban J connectivity index is 1.45. The van der Waals surface area contributed by atoms with E-state index in [1.54, 1.807) is 12.1 Å². The Bertz CT molecular complexity index is 1370. The molecular weight excluding hydrogens is 477 g/mol. The van der Waals surface area contributed by atoms with E-state index in [-0.39, 0.29) is 11.7 Å². The number of anilines is 2. The molecule has 1 aromatic heterocycles. The molecule has 5 rings (SSSR count). The Morgan fingerprint density at radius 3 is 2.45 bits per heavy atom. The highest BCUT2D eigenvalue weighted by molar-refractivity contribution is 5.84. The van der Waals surface area contributed by atoms with E-state index in [9.17, 15) is 9.18 Å². The van der Waals surface area contributed by atoms with Crippen molar-refractivity contribution in [2.45, 2.75) is 45.8 Å². The van der Waals surface area contributed by atoms with Crippen LogP contribution in [0.4, 0.5) is 15.9 Å². The molecule has 2 heterocycles. The lowest BCUT2D eigenvalue weighted by Gasteiger charge is -2.32. The van der Waals surface area contributed by atoms with E-state index in [0.717, 1.165) is 53.5 Å². The molecule has 38 heavy (non-hydrogen) atoms. The van der Waals surface area contributed by atoms with Gasteiger partial charge in [0, 0.05) is 24.3 Å². The van der Waals surface area contributed by atoms with Gasteiger partial charge in [0.1, 0.15) is 29.2 Å². The molecule has 6 nitrogen and oxygen atoms in total. The Morgan fingerprint density at radius 2 is 1.74 bits per heavy atom. The Kier molecular flexibility index (Phi) is 7.84. The maximum Gasteiger partial charge on any atom is 0.244 e. The van der Waals surface area contributed by atoms with Crippen LogP contribution in [-0.4, -0.2) is 33.4 Å². The zero-order valence-corrected chi connectivity index (χ0v) is 22.0. The minimum absolute atomic E-state index is 0.0536. The molecule has 1 aliphatic rings. The quantitative estimate of drug-likeness (QED) is 0.262. The van der Waals surface area contributed by atoms with Gasteiger partial charge >= 0.3 is 0 Å². The summed E-state index contributed by atoms with van der Waals surface area (Å²) in [5.41, 5.74) is 4.67. The van der Waals surface area contributed by atoms with Gasteiger partial charge in [-0.25, -0.2) is 9.37 Å². The van der Waals surface area contributed by atoms with Gasteiger partial charge < -0.3 is 20.1 Å². The van der Waals surface area contributed by atoms with Crippen molar-refractivity contribution in [2.75, 3.05) is 18.4 Å². The molecular formula is C31H34FN5O. The number of unbranched alkanes of at least 4 members (excludes halogenated alkanes) is 1. The summed E-state index contributed by atoms with van der Waals surface area (Å²) < 4.78 is 15.8. The van der Waals surface area contributed by atoms with Crippen LogP contribution in [0.5, 0.6) is 0 Å². The molecule has 1 amide bonds. The molecule has 3 aromatic carbocycles. The lowest BCUT2D eigenvalue weighted by molar-refractivity contribution is -0.135. The van der Waals surface area contributed by atoms with Crippen LogP contribution in [0.2, 0.25) is 0 Å². The molecule has 2 N–H and O–H groups in total. The Hall–Kier alpha value is -3.97. The Labute approximate surface area is 223 Å². The van der Waals surface area contributed by atoms with E-state index in [1.807, 2.05) is 47.4 Å². The predicted octanol–water partition coefficient (Wildman–Crippen LogP) is 6.21. The van der Waals surface area contributed by atoms with Crippen molar-refractivity contribution in [3.8, 4) is 11.3 Å². The number of rotatable bonds is 9. The van der Waals surface area contributed by atoms with Crippen LogP contribution < -0.4 is 10.6 Å². The van der Waals surface area contributed by atoms with E-state index < -0.39 is 6.04 Å². The van der Waals surface area contributed by atoms with Gasteiger partial charge in [0.05, 0.1) is 6.54 Å². The first-order chi connectivity index (χ1) is 18.5. The fourth-order valence-corrected chi connectivity index (χ4v) is 4.83. The van der Waals surface area contributed by atoms with Crippen molar-refractivity contribution in [3.05, 3.63) is 102 Å². The second kappa shape index (κ2) is 11.6. The fraction of sp³-hybridized carbons (Fsp3) is 0.290. The van der Waals surface area contributed by atoms with Gasteiger partial charge in [0.2, 0.25) is 5.91 Å². The number of benzene rings is 3. The molecule has 196 valence electrons. The molecule has 0 fully saturated rings. The predicted molar refractivity (Wildman–Crippen MR) is 150 cm³/mol. The second-order valence-corrected chi connectivity index (χ2v) is 9.79. The molecule has 1 aliphatic heterocycles. The van der Waals surface area contributed by atoms with Gasteiger partial charge in [-0.1, -0.05) is 61.4 Å². The molecule has 0 saturated carbocycles. The van der Waals surface area contributed by atoms with Crippen LogP contribution in [0.1, 0.15) is 42.8 Å². The summed E-state index contributed by atoms with van der Waals surface area (Å²) in [6.07, 6.45) is 2.07. The van der Waals surface area contributed by atoms with Gasteiger partial charge in [0.25, 0.3) is 0 Å². The largest absolute Gasteiger partial charge is 0.340 e. The normalized spacial score (nSPS) is 13.7. The number of hydrogen-bond acceptors (Lipinski definition) is 4. The molecule has 1 atom stereocenters. The number of hydrogen-bond donors (Lipinski definition) is 2. The second-order valence-electron chi connectivity index (χ2n) is 9.79. The van der Waals surface area contributed by atoms with Crippen molar-refractivity contribution in [1.82, 2.24) is 19.8 Å². The minimum Gasteiger partial charge on any atom is -0.340 e.